The lowest BCUT2D eigenvalue weighted by atomic mass is 10.0. The number of carboxylic acid groups (broad SMARTS) is 1. The molecule has 50 nitrogen and oxygen atoms in total. The highest BCUT2D eigenvalue weighted by atomic mass is 16.4. The number of unbranched alkanes of at least 4 members (excludes halogenated alkanes) is 1. The number of phenolic OH excluding ortho intramolecular Hbond substituents is 1. The number of aliphatic hydroxyl groups excluding tert-OH is 2. The van der Waals surface area contributed by atoms with E-state index in [2.05, 4.69) is 111 Å². The first-order valence-corrected chi connectivity index (χ1v) is 46.2. The highest BCUT2D eigenvalue weighted by Crippen LogP contribution is 2.23. The first-order valence-electron chi connectivity index (χ1n) is 46.2. The molecule has 0 radical (unpaired) electrons. The number of H-pyrrole nitrogens is 2. The fourth-order valence-electron chi connectivity index (χ4n) is 14.8. The molecule has 2 heterocycles. The van der Waals surface area contributed by atoms with Gasteiger partial charge in [0.2, 0.25) is 88.6 Å². The monoisotopic (exact) mass is 1960 g/mol. The summed E-state index contributed by atoms with van der Waals surface area (Å²) in [6, 6.07) is -1.78. The molecule has 0 unspecified atom stereocenters. The molecule has 15 amide bonds. The Bertz CT molecular complexity index is 5070. The maximum absolute atomic E-state index is 15.1. The summed E-state index contributed by atoms with van der Waals surface area (Å²) >= 11 is 0. The van der Waals surface area contributed by atoms with E-state index in [1.165, 1.54) is 52.0 Å². The van der Waals surface area contributed by atoms with E-state index in [1.807, 2.05) is 18.2 Å². The van der Waals surface area contributed by atoms with Gasteiger partial charge < -0.3 is 160 Å². The summed E-state index contributed by atoms with van der Waals surface area (Å²) in [5.41, 5.74) is 30.8. The van der Waals surface area contributed by atoms with Gasteiger partial charge in [-0.3, -0.25) is 93.6 Å². The van der Waals surface area contributed by atoms with Gasteiger partial charge in [-0.1, -0.05) is 76.2 Å². The number of guanidine groups is 4. The zero-order valence-corrected chi connectivity index (χ0v) is 79.9. The van der Waals surface area contributed by atoms with Crippen molar-refractivity contribution >= 4 is 140 Å². The molecule has 0 aliphatic rings. The number of rotatable bonds is 62. The Hall–Kier alpha value is -15.0. The van der Waals surface area contributed by atoms with Crippen LogP contribution in [0.15, 0.2) is 85.2 Å². The first kappa shape index (κ1) is 116. The van der Waals surface area contributed by atoms with Crippen LogP contribution in [0.1, 0.15) is 156 Å². The largest absolute Gasteiger partial charge is 0.508 e. The number of hydrogen-bond acceptors (Lipinski definition) is 24. The van der Waals surface area contributed by atoms with Crippen LogP contribution in [0, 0.1) is 33.5 Å². The normalized spacial score (nSPS) is 14.3. The molecule has 0 saturated heterocycles. The van der Waals surface area contributed by atoms with E-state index in [1.54, 1.807) is 70.4 Å². The van der Waals surface area contributed by atoms with Crippen LogP contribution < -0.4 is 130 Å². The van der Waals surface area contributed by atoms with Crippen molar-refractivity contribution in [1.82, 2.24) is 111 Å². The standard InChI is InChI=1S/C90H140N30O20/c1-46(2)37-65(75(128)106-44-71(125)110-66(38-47(3)4)80(133)108-48(5)73(126)115-64(86(139)140)27-18-36-103-90(98)99)116-78(131)60(23-13-14-32-91)113-84(137)70(45-121)119-74(127)49(6)107-76(129)61(24-15-33-100-87(92)93)112-81(134)67(39-52-28-30-55(124)31-29-52)117-79(132)62(25-16-34-101-88(94)95)111-77(130)63(26-17-35-102-89(96)97)114-85(138)72(50(7)122)120-83(136)69(41-54-43-105-59-22-12-10-20-57(54)59)118-82(135)68(109-51(8)123)40-53-42-104-58-21-11-9-19-56(53)58/h9-12,19-22,28-31,42-43,46-50,60-70,72,104-105,121-122,124H,13-18,23-27,32-41,44-45,91H2,1-8H3,(H,106,128)(H,107,129)(H,108,133)(H,109,123)(H,110,125)(H,111,130)(H,112,134)(H,113,137)(H,114,138)(H,115,126)(H,116,131)(H,117,132)(H,118,135)(H,119,127)(H,120,136)(H,139,140)(H4,92,93,100)(H4,94,95,101)(H4,96,97,102)(H4,98,99,103)/t48-,49-,50+,60-,61-,62-,63-,64-,65-,66-,67-,68-,69-,70-,72-/m0/s1. The molecule has 770 valence electrons. The summed E-state index contributed by atoms with van der Waals surface area (Å²) < 4.78 is 0. The zero-order chi connectivity index (χ0) is 104. The van der Waals surface area contributed by atoms with Crippen molar-refractivity contribution in [2.24, 2.45) is 40.5 Å². The van der Waals surface area contributed by atoms with Crippen molar-refractivity contribution in [1.29, 1.82) is 21.6 Å². The Balaban J connectivity index is 1.37. The summed E-state index contributed by atoms with van der Waals surface area (Å²) in [7, 11) is 0. The number of amides is 15. The van der Waals surface area contributed by atoms with Crippen molar-refractivity contribution in [2.45, 2.75) is 249 Å². The number of carbonyl (C=O) groups is 16. The average molecular weight is 1960 g/mol. The van der Waals surface area contributed by atoms with Gasteiger partial charge in [0.05, 0.1) is 19.3 Å². The molecular formula is C90H140N30O20. The minimum absolute atomic E-state index is 0.0196. The molecule has 140 heavy (non-hydrogen) atoms. The number of aromatic nitrogens is 2. The number of aromatic amines is 2. The number of aliphatic hydroxyl groups is 2. The van der Waals surface area contributed by atoms with Crippen LogP contribution in [0.2, 0.25) is 0 Å². The summed E-state index contributed by atoms with van der Waals surface area (Å²) in [4.78, 5) is 232. The molecule has 0 spiro atoms. The number of aliphatic carboxylic acids is 1. The van der Waals surface area contributed by atoms with Gasteiger partial charge in [-0.05, 0) is 164 Å². The van der Waals surface area contributed by atoms with Crippen molar-refractivity contribution in [2.75, 3.05) is 45.9 Å². The molecule has 0 aliphatic carbocycles. The maximum Gasteiger partial charge on any atom is 0.326 e. The molecule has 5 aromatic rings. The van der Waals surface area contributed by atoms with Crippen molar-refractivity contribution < 1.29 is 97.1 Å². The number of aromatic hydroxyl groups is 1. The molecule has 3 aromatic carbocycles. The number of nitrogens with one attached hydrogen (secondary N) is 25. The fraction of sp³-hybridized carbons (Fsp3) is 0.533. The molecule has 15 atom stereocenters. The van der Waals surface area contributed by atoms with E-state index in [0.717, 1.165) is 10.9 Å². The zero-order valence-electron chi connectivity index (χ0n) is 79.9. The van der Waals surface area contributed by atoms with Crippen LogP contribution in [0.3, 0.4) is 0 Å². The number of fused-ring (bicyclic) bond motifs is 2. The molecule has 39 N–H and O–H groups in total. The van der Waals surface area contributed by atoms with E-state index >= 15 is 14.4 Å². The summed E-state index contributed by atoms with van der Waals surface area (Å²) in [6.07, 6.45) is 0.624. The van der Waals surface area contributed by atoms with Gasteiger partial charge in [0.15, 0.2) is 23.8 Å². The lowest BCUT2D eigenvalue weighted by molar-refractivity contribution is -0.142. The second kappa shape index (κ2) is 59.2. The molecule has 50 heteroatoms. The summed E-state index contributed by atoms with van der Waals surface area (Å²) in [6.45, 7) is 10.1. The predicted molar refractivity (Wildman–Crippen MR) is 518 cm³/mol. The third kappa shape index (κ3) is 41.1. The van der Waals surface area contributed by atoms with Crippen LogP contribution in [0.25, 0.3) is 21.8 Å². The highest BCUT2D eigenvalue weighted by molar-refractivity contribution is 6.01. The lowest BCUT2D eigenvalue weighted by Crippen LogP contribution is -2.62. The number of nitrogens with two attached hydrogens (primary N) is 5. The van der Waals surface area contributed by atoms with Gasteiger partial charge in [0.1, 0.15) is 90.3 Å². The second-order valence-corrected chi connectivity index (χ2v) is 34.8. The van der Waals surface area contributed by atoms with Crippen LogP contribution in [-0.2, 0) is 96.0 Å². The minimum atomic E-state index is -1.89. The number of phenols is 1. The summed E-state index contributed by atoms with van der Waals surface area (Å²) in [5.74, 6) is -18.1. The fourth-order valence-corrected chi connectivity index (χ4v) is 14.8. The Morgan fingerprint density at radius 3 is 1.10 bits per heavy atom. The summed E-state index contributed by atoms with van der Waals surface area (Å²) in [5, 5.41) is 123. The lowest BCUT2D eigenvalue weighted by Gasteiger charge is -2.29. The topological polar surface area (TPSA) is 840 Å². The van der Waals surface area contributed by atoms with Crippen LogP contribution >= 0.6 is 0 Å². The van der Waals surface area contributed by atoms with Gasteiger partial charge in [0.25, 0.3) is 0 Å². The van der Waals surface area contributed by atoms with E-state index in [9.17, 15) is 82.8 Å². The van der Waals surface area contributed by atoms with Gasteiger partial charge >= 0.3 is 5.97 Å². The molecule has 0 aliphatic heterocycles. The minimum Gasteiger partial charge on any atom is -0.508 e. The third-order valence-corrected chi connectivity index (χ3v) is 22.1. The quantitative estimate of drug-likeness (QED) is 0.00979. The van der Waals surface area contributed by atoms with Crippen molar-refractivity contribution in [3.05, 3.63) is 102 Å². The predicted octanol–water partition coefficient (Wildman–Crippen LogP) is -5.92. The smallest absolute Gasteiger partial charge is 0.326 e. The van der Waals surface area contributed by atoms with Crippen LogP contribution in [0.4, 0.5) is 0 Å². The number of carboxylic acids is 1. The Morgan fingerprint density at radius 1 is 0.364 bits per heavy atom. The molecule has 0 fully saturated rings. The molecule has 0 bridgehead atoms. The highest BCUT2D eigenvalue weighted by Gasteiger charge is 2.39. The van der Waals surface area contributed by atoms with Crippen LogP contribution in [0.5, 0.6) is 5.75 Å². The van der Waals surface area contributed by atoms with Gasteiger partial charge in [0, 0.05) is 86.6 Å². The second-order valence-electron chi connectivity index (χ2n) is 34.8. The molecular weight excluding hydrogens is 1820 g/mol. The first-order chi connectivity index (χ1) is 66.3. The number of hydrogen-bond donors (Lipinski definition) is 34. The van der Waals surface area contributed by atoms with Gasteiger partial charge in [-0.25, -0.2) is 4.79 Å². The maximum atomic E-state index is 15.1. The third-order valence-electron chi connectivity index (χ3n) is 22.1. The van der Waals surface area contributed by atoms with Crippen LogP contribution in [-0.4, -0.2) is 285 Å². The van der Waals surface area contributed by atoms with Gasteiger partial charge in [-0.15, -0.1) is 0 Å². The SMILES string of the molecule is CC(=O)N[C@@H](Cc1c[nH]c2ccccc12)C(=O)N[C@@H](Cc1c[nH]c2ccccc12)C(=O)N[C@H](C(=O)N[C@@H](CCCNC(=N)N)C(=O)N[C@@H](CCCNC(=N)N)C(=O)N[C@@H](Cc1ccc(O)cc1)C(=O)N[C@@H](CCCNC(=N)N)C(=O)N[C@@H](C)C(=O)N[C@@H](CO)C(=O)N[C@@H](CCCCN)C(=O)N[C@@H](CC(C)C)C(=O)NCC(=O)N[C@@H](CC(C)C)C(=O)N[C@@H](C)C(=O)N[C@@H](CCCNC(=N)N)C(=O)O)[C@@H](C)O. The Labute approximate surface area is 809 Å². The Morgan fingerprint density at radius 2 is 0.700 bits per heavy atom. The van der Waals surface area contributed by atoms with E-state index in [4.69, 9.17) is 50.3 Å². The van der Waals surface area contributed by atoms with Crippen molar-refractivity contribution in [3.63, 3.8) is 0 Å². The van der Waals surface area contributed by atoms with E-state index in [0.29, 0.717) is 34.0 Å². The van der Waals surface area contributed by atoms with E-state index in [-0.39, 0.29) is 146 Å². The molecule has 0 saturated carbocycles. The number of benzene rings is 3. The number of carbonyl (C=O) groups excluding carboxylic acids is 15. The Kier molecular flexibility index (Phi) is 48.9. The number of para-hydroxylation sites is 2. The average Bonchev–Trinajstić information content (AvgIpc) is 1.66. The van der Waals surface area contributed by atoms with Crippen molar-refractivity contribution in [3.8, 4) is 5.75 Å². The molecule has 2 aromatic heterocycles. The van der Waals surface area contributed by atoms with Gasteiger partial charge in [-0.2, -0.15) is 0 Å². The molecule has 5 rings (SSSR count). The van der Waals surface area contributed by atoms with E-state index < -0.39 is 223 Å².